The lowest BCUT2D eigenvalue weighted by Crippen LogP contribution is -2.40. The van der Waals surface area contributed by atoms with Gasteiger partial charge in [0.05, 0.1) is 0 Å². The maximum absolute atomic E-state index is 12.5. The molecule has 1 aromatic heterocycles. The number of nitrogens with zero attached hydrogens (tertiary/aromatic N) is 3. The van der Waals surface area contributed by atoms with E-state index in [-0.39, 0.29) is 12.5 Å². The molecule has 0 unspecified atom stereocenters. The average Bonchev–Trinajstić information content (AvgIpc) is 3.22. The minimum absolute atomic E-state index is 0.0525. The highest BCUT2D eigenvalue weighted by Crippen LogP contribution is 2.27. The van der Waals surface area contributed by atoms with Crippen molar-refractivity contribution in [1.82, 2.24) is 14.5 Å². The molecule has 1 aliphatic rings. The van der Waals surface area contributed by atoms with E-state index in [0.29, 0.717) is 5.92 Å². The van der Waals surface area contributed by atoms with Crippen LogP contribution in [0, 0.1) is 6.92 Å². The number of amides is 1. The SMILES string of the molecule is Cc1ccc(OCC(=O)N2CCC(c3nccn3Cc3ccccc3)CC2)cc1. The third kappa shape index (κ3) is 4.86. The molecule has 5 nitrogen and oxygen atoms in total. The Bertz CT molecular complexity index is 926. The van der Waals surface area contributed by atoms with Crippen LogP contribution in [0.1, 0.15) is 35.7 Å². The summed E-state index contributed by atoms with van der Waals surface area (Å²) in [6.45, 7) is 4.46. The van der Waals surface area contributed by atoms with Crippen LogP contribution in [0.4, 0.5) is 0 Å². The van der Waals surface area contributed by atoms with E-state index < -0.39 is 0 Å². The molecule has 0 spiro atoms. The Balaban J connectivity index is 1.30. The third-order valence-corrected chi connectivity index (χ3v) is 5.54. The molecular formula is C24H27N3O2. The average molecular weight is 389 g/mol. The summed E-state index contributed by atoms with van der Waals surface area (Å²) in [6, 6.07) is 18.2. The molecular weight excluding hydrogens is 362 g/mol. The molecule has 0 N–H and O–H groups in total. The molecule has 29 heavy (non-hydrogen) atoms. The quantitative estimate of drug-likeness (QED) is 0.640. The molecule has 1 fully saturated rings. The van der Waals surface area contributed by atoms with Gasteiger partial charge < -0.3 is 14.2 Å². The second-order valence-electron chi connectivity index (χ2n) is 7.66. The van der Waals surface area contributed by atoms with Gasteiger partial charge in [0.2, 0.25) is 0 Å². The Kier molecular flexibility index (Phi) is 5.94. The maximum atomic E-state index is 12.5. The van der Waals surface area contributed by atoms with E-state index in [2.05, 4.69) is 40.0 Å². The summed E-state index contributed by atoms with van der Waals surface area (Å²) in [6.07, 6.45) is 5.80. The van der Waals surface area contributed by atoms with Crippen LogP contribution in [0.2, 0.25) is 0 Å². The number of carbonyl (C=O) groups is 1. The number of aryl methyl sites for hydroxylation is 1. The molecule has 0 bridgehead atoms. The Labute approximate surface area is 171 Å². The van der Waals surface area contributed by atoms with Crippen LogP contribution in [0.15, 0.2) is 67.0 Å². The number of imidazole rings is 1. The van der Waals surface area contributed by atoms with Gasteiger partial charge in [-0.25, -0.2) is 4.98 Å². The van der Waals surface area contributed by atoms with Gasteiger partial charge in [-0.2, -0.15) is 0 Å². The Morgan fingerprint density at radius 1 is 1.07 bits per heavy atom. The summed E-state index contributed by atoms with van der Waals surface area (Å²) in [5, 5.41) is 0. The fourth-order valence-electron chi connectivity index (χ4n) is 3.85. The van der Waals surface area contributed by atoms with Crippen LogP contribution in [-0.2, 0) is 11.3 Å². The third-order valence-electron chi connectivity index (χ3n) is 5.54. The van der Waals surface area contributed by atoms with Gasteiger partial charge in [-0.3, -0.25) is 4.79 Å². The summed E-state index contributed by atoms with van der Waals surface area (Å²) in [7, 11) is 0. The number of hydrogen-bond donors (Lipinski definition) is 0. The molecule has 1 aliphatic heterocycles. The predicted molar refractivity (Wildman–Crippen MR) is 113 cm³/mol. The first kappa shape index (κ1) is 19.2. The monoisotopic (exact) mass is 389 g/mol. The van der Waals surface area contributed by atoms with E-state index in [4.69, 9.17) is 4.74 Å². The van der Waals surface area contributed by atoms with Crippen molar-refractivity contribution >= 4 is 5.91 Å². The number of piperidine rings is 1. The lowest BCUT2D eigenvalue weighted by molar-refractivity contribution is -0.134. The summed E-state index contributed by atoms with van der Waals surface area (Å²) in [5.74, 6) is 2.30. The van der Waals surface area contributed by atoms with Crippen LogP contribution in [0.3, 0.4) is 0 Å². The summed E-state index contributed by atoms with van der Waals surface area (Å²) < 4.78 is 7.89. The smallest absolute Gasteiger partial charge is 0.260 e. The van der Waals surface area contributed by atoms with Crippen LogP contribution in [0.5, 0.6) is 5.75 Å². The van der Waals surface area contributed by atoms with Gasteiger partial charge in [0.1, 0.15) is 11.6 Å². The highest BCUT2D eigenvalue weighted by Gasteiger charge is 2.26. The zero-order chi connectivity index (χ0) is 20.1. The molecule has 1 saturated heterocycles. The summed E-state index contributed by atoms with van der Waals surface area (Å²) in [5.41, 5.74) is 2.45. The van der Waals surface area contributed by atoms with Crippen molar-refractivity contribution in [1.29, 1.82) is 0 Å². The second kappa shape index (κ2) is 8.95. The van der Waals surface area contributed by atoms with Crippen LogP contribution in [0.25, 0.3) is 0 Å². The minimum Gasteiger partial charge on any atom is -0.484 e. The minimum atomic E-state index is 0.0525. The molecule has 2 aromatic carbocycles. The largest absolute Gasteiger partial charge is 0.484 e. The molecule has 4 rings (SSSR count). The highest BCUT2D eigenvalue weighted by atomic mass is 16.5. The number of aromatic nitrogens is 2. The number of ether oxygens (including phenoxy) is 1. The Morgan fingerprint density at radius 2 is 1.79 bits per heavy atom. The van der Waals surface area contributed by atoms with E-state index in [1.54, 1.807) is 0 Å². The van der Waals surface area contributed by atoms with Gasteiger partial charge in [-0.15, -0.1) is 0 Å². The normalized spacial score (nSPS) is 14.7. The van der Waals surface area contributed by atoms with E-state index >= 15 is 0 Å². The van der Waals surface area contributed by atoms with E-state index in [1.165, 1.54) is 11.1 Å². The topological polar surface area (TPSA) is 47.4 Å². The van der Waals surface area contributed by atoms with Crippen molar-refractivity contribution in [2.45, 2.75) is 32.2 Å². The highest BCUT2D eigenvalue weighted by molar-refractivity contribution is 5.77. The Hall–Kier alpha value is -3.08. The van der Waals surface area contributed by atoms with Crippen molar-refractivity contribution in [2.75, 3.05) is 19.7 Å². The first-order valence-electron chi connectivity index (χ1n) is 10.2. The fraction of sp³-hybridized carbons (Fsp3) is 0.333. The number of hydrogen-bond acceptors (Lipinski definition) is 3. The van der Waals surface area contributed by atoms with Gasteiger partial charge in [0, 0.05) is 37.9 Å². The molecule has 1 amide bonds. The molecule has 0 aliphatic carbocycles. The van der Waals surface area contributed by atoms with Crippen LogP contribution >= 0.6 is 0 Å². The van der Waals surface area contributed by atoms with E-state index in [1.807, 2.05) is 48.4 Å². The van der Waals surface area contributed by atoms with Gasteiger partial charge >= 0.3 is 0 Å². The van der Waals surface area contributed by atoms with Crippen molar-refractivity contribution in [3.05, 3.63) is 83.9 Å². The van der Waals surface area contributed by atoms with Gasteiger partial charge in [0.15, 0.2) is 6.61 Å². The standard InChI is InChI=1S/C24H27N3O2/c1-19-7-9-22(10-8-19)29-18-23(28)26-14-11-21(12-15-26)24-25-13-16-27(24)17-20-5-3-2-4-6-20/h2-10,13,16,21H,11-12,14-15,17-18H2,1H3. The predicted octanol–water partition coefficient (Wildman–Crippen LogP) is 4.02. The molecule has 150 valence electrons. The number of benzene rings is 2. The van der Waals surface area contributed by atoms with Gasteiger partial charge in [-0.05, 0) is 37.5 Å². The van der Waals surface area contributed by atoms with Gasteiger partial charge in [-0.1, -0.05) is 48.0 Å². The van der Waals surface area contributed by atoms with Crippen LogP contribution in [-0.4, -0.2) is 40.1 Å². The van der Waals surface area contributed by atoms with Crippen molar-refractivity contribution in [2.24, 2.45) is 0 Å². The summed E-state index contributed by atoms with van der Waals surface area (Å²) >= 11 is 0. The van der Waals surface area contributed by atoms with Crippen LogP contribution < -0.4 is 4.74 Å². The first-order valence-corrected chi connectivity index (χ1v) is 10.2. The molecule has 0 radical (unpaired) electrons. The molecule has 5 heteroatoms. The molecule has 0 saturated carbocycles. The van der Waals surface area contributed by atoms with E-state index in [0.717, 1.165) is 44.0 Å². The zero-order valence-electron chi connectivity index (χ0n) is 16.8. The summed E-state index contributed by atoms with van der Waals surface area (Å²) in [4.78, 5) is 19.1. The lowest BCUT2D eigenvalue weighted by atomic mass is 9.95. The molecule has 2 heterocycles. The number of carbonyl (C=O) groups excluding carboxylic acids is 1. The zero-order valence-corrected chi connectivity index (χ0v) is 16.8. The second-order valence-corrected chi connectivity index (χ2v) is 7.66. The van der Waals surface area contributed by atoms with Crippen molar-refractivity contribution in [3.63, 3.8) is 0 Å². The van der Waals surface area contributed by atoms with Gasteiger partial charge in [0.25, 0.3) is 5.91 Å². The maximum Gasteiger partial charge on any atom is 0.260 e. The number of rotatable bonds is 6. The fourth-order valence-corrected chi connectivity index (χ4v) is 3.85. The lowest BCUT2D eigenvalue weighted by Gasteiger charge is -2.32. The number of likely N-dealkylation sites (tertiary alicyclic amines) is 1. The molecule has 3 aromatic rings. The van der Waals surface area contributed by atoms with E-state index in [9.17, 15) is 4.79 Å². The Morgan fingerprint density at radius 3 is 2.52 bits per heavy atom. The molecule has 0 atom stereocenters. The first-order chi connectivity index (χ1) is 14.2. The van der Waals surface area contributed by atoms with Crippen molar-refractivity contribution in [3.8, 4) is 5.75 Å². The van der Waals surface area contributed by atoms with Crippen molar-refractivity contribution < 1.29 is 9.53 Å².